The lowest BCUT2D eigenvalue weighted by molar-refractivity contribution is 0.104. The van der Waals surface area contributed by atoms with E-state index in [0.29, 0.717) is 38.4 Å². The van der Waals surface area contributed by atoms with Crippen LogP contribution in [-0.2, 0) is 0 Å². The number of hydrogen-bond acceptors (Lipinski definition) is 9. The second kappa shape index (κ2) is 8.29. The Morgan fingerprint density at radius 1 is 1.12 bits per heavy atom. The van der Waals surface area contributed by atoms with Crippen molar-refractivity contribution in [2.24, 2.45) is 0 Å². The number of nitrogen functional groups attached to an aromatic ring is 1. The van der Waals surface area contributed by atoms with Gasteiger partial charge in [0.05, 0.1) is 5.69 Å². The number of ketones is 1. The number of aromatic nitrogens is 1. The van der Waals surface area contributed by atoms with Crippen molar-refractivity contribution in [1.29, 1.82) is 0 Å². The SMILES string of the molecule is CN1CCN(c2ccc(Nc3nc(N)c(C(=O)c4ccc5c(c4)OCO5)s3)cc2F)CC1. The molecule has 1 saturated heterocycles. The summed E-state index contributed by atoms with van der Waals surface area (Å²) in [6.07, 6.45) is 0. The second-order valence-corrected chi connectivity index (χ2v) is 8.71. The van der Waals surface area contributed by atoms with Crippen molar-refractivity contribution >= 4 is 39.4 Å². The second-order valence-electron chi connectivity index (χ2n) is 7.71. The Kier molecular flexibility index (Phi) is 5.32. The van der Waals surface area contributed by atoms with Crippen molar-refractivity contribution in [1.82, 2.24) is 9.88 Å². The van der Waals surface area contributed by atoms with E-state index in [-0.39, 0.29) is 24.2 Å². The first-order valence-corrected chi connectivity index (χ1v) is 11.0. The van der Waals surface area contributed by atoms with E-state index in [2.05, 4.69) is 22.2 Å². The molecule has 2 aliphatic heterocycles. The third kappa shape index (κ3) is 3.94. The van der Waals surface area contributed by atoms with Gasteiger partial charge in [-0.15, -0.1) is 0 Å². The Bertz CT molecular complexity index is 1180. The van der Waals surface area contributed by atoms with E-state index < -0.39 is 0 Å². The molecule has 166 valence electrons. The summed E-state index contributed by atoms with van der Waals surface area (Å²) < 4.78 is 25.4. The predicted octanol–water partition coefficient (Wildman–Crippen LogP) is 3.32. The van der Waals surface area contributed by atoms with Crippen LogP contribution in [0.15, 0.2) is 36.4 Å². The molecule has 0 atom stereocenters. The van der Waals surface area contributed by atoms with E-state index in [1.54, 1.807) is 30.3 Å². The molecule has 0 spiro atoms. The van der Waals surface area contributed by atoms with Gasteiger partial charge >= 0.3 is 0 Å². The van der Waals surface area contributed by atoms with Crippen LogP contribution in [0.25, 0.3) is 0 Å². The minimum Gasteiger partial charge on any atom is -0.454 e. The Hall–Kier alpha value is -3.37. The van der Waals surface area contributed by atoms with Crippen LogP contribution in [0.2, 0.25) is 0 Å². The number of thiazole rings is 1. The zero-order chi connectivity index (χ0) is 22.2. The number of likely N-dealkylation sites (N-methyl/N-ethyl adjacent to an activating group) is 1. The quantitative estimate of drug-likeness (QED) is 0.566. The molecule has 0 unspecified atom stereocenters. The molecule has 1 aromatic heterocycles. The summed E-state index contributed by atoms with van der Waals surface area (Å²) in [5, 5.41) is 3.47. The van der Waals surface area contributed by atoms with Gasteiger partial charge in [0, 0.05) is 37.4 Å². The Morgan fingerprint density at radius 3 is 2.69 bits per heavy atom. The van der Waals surface area contributed by atoms with Crippen LogP contribution in [-0.4, -0.2) is 55.7 Å². The van der Waals surface area contributed by atoms with Gasteiger partial charge < -0.3 is 30.3 Å². The molecule has 8 nitrogen and oxygen atoms in total. The number of anilines is 4. The Morgan fingerprint density at radius 2 is 1.91 bits per heavy atom. The topological polar surface area (TPSA) is 93.0 Å². The first-order chi connectivity index (χ1) is 15.5. The third-order valence-electron chi connectivity index (χ3n) is 5.54. The lowest BCUT2D eigenvalue weighted by Gasteiger charge is -2.34. The maximum atomic E-state index is 14.8. The normalized spacial score (nSPS) is 15.8. The highest BCUT2D eigenvalue weighted by Gasteiger charge is 2.22. The van der Waals surface area contributed by atoms with Gasteiger partial charge in [0.25, 0.3) is 0 Å². The molecule has 5 rings (SSSR count). The standard InChI is InChI=1S/C22H22FN5O3S/c1-27-6-8-28(9-7-27)16-4-3-14(11-15(16)23)25-22-26-21(24)20(32-22)19(29)13-2-5-17-18(10-13)31-12-30-17/h2-5,10-11H,6-9,12,24H2,1H3,(H,25,26). The third-order valence-corrected chi connectivity index (χ3v) is 6.52. The first kappa shape index (κ1) is 20.5. The van der Waals surface area contributed by atoms with Gasteiger partial charge in [0.1, 0.15) is 16.5 Å². The van der Waals surface area contributed by atoms with Gasteiger partial charge in [0.15, 0.2) is 16.6 Å². The van der Waals surface area contributed by atoms with Crippen molar-refractivity contribution < 1.29 is 18.7 Å². The molecule has 0 amide bonds. The number of rotatable bonds is 5. The predicted molar refractivity (Wildman–Crippen MR) is 122 cm³/mol. The molecule has 3 heterocycles. The maximum absolute atomic E-state index is 14.8. The van der Waals surface area contributed by atoms with Gasteiger partial charge in [-0.1, -0.05) is 11.3 Å². The van der Waals surface area contributed by atoms with Gasteiger partial charge in [-0.25, -0.2) is 9.37 Å². The Balaban J connectivity index is 1.32. The van der Waals surface area contributed by atoms with E-state index in [4.69, 9.17) is 15.2 Å². The number of ether oxygens (including phenoxy) is 2. The number of fused-ring (bicyclic) bond motifs is 1. The number of halogens is 1. The molecular weight excluding hydrogens is 433 g/mol. The number of benzene rings is 2. The fourth-order valence-electron chi connectivity index (χ4n) is 3.73. The van der Waals surface area contributed by atoms with Crippen LogP contribution in [0.5, 0.6) is 11.5 Å². The highest BCUT2D eigenvalue weighted by molar-refractivity contribution is 7.18. The molecular formula is C22H22FN5O3S. The van der Waals surface area contributed by atoms with E-state index in [1.807, 2.05) is 4.90 Å². The molecule has 0 saturated carbocycles. The van der Waals surface area contributed by atoms with E-state index in [1.165, 1.54) is 6.07 Å². The smallest absolute Gasteiger partial charge is 0.231 e. The molecule has 1 fully saturated rings. The molecule has 32 heavy (non-hydrogen) atoms. The maximum Gasteiger partial charge on any atom is 0.231 e. The van der Waals surface area contributed by atoms with Crippen LogP contribution < -0.4 is 25.4 Å². The van der Waals surface area contributed by atoms with Crippen molar-refractivity contribution in [2.45, 2.75) is 0 Å². The summed E-state index contributed by atoms with van der Waals surface area (Å²) in [5.41, 5.74) is 7.56. The molecule has 0 radical (unpaired) electrons. The minimum atomic E-state index is -0.305. The van der Waals surface area contributed by atoms with Crippen LogP contribution in [0.3, 0.4) is 0 Å². The van der Waals surface area contributed by atoms with E-state index in [0.717, 1.165) is 37.5 Å². The number of nitrogens with one attached hydrogen (secondary N) is 1. The van der Waals surface area contributed by atoms with Gasteiger partial charge in [-0.3, -0.25) is 4.79 Å². The summed E-state index contributed by atoms with van der Waals surface area (Å²) in [5.74, 6) is 0.676. The highest BCUT2D eigenvalue weighted by Crippen LogP contribution is 2.35. The number of carbonyl (C=O) groups excluding carboxylic acids is 1. The van der Waals surface area contributed by atoms with Gasteiger partial charge in [-0.2, -0.15) is 0 Å². The van der Waals surface area contributed by atoms with Crippen LogP contribution in [0.1, 0.15) is 15.2 Å². The average molecular weight is 456 g/mol. The Labute approximate surface area is 188 Å². The summed E-state index contributed by atoms with van der Waals surface area (Å²) >= 11 is 1.12. The molecule has 2 aromatic carbocycles. The number of nitrogens with two attached hydrogens (primary N) is 1. The number of hydrogen-bond donors (Lipinski definition) is 2. The van der Waals surface area contributed by atoms with Crippen molar-refractivity contribution in [2.75, 3.05) is 56.0 Å². The number of carbonyl (C=O) groups is 1. The largest absolute Gasteiger partial charge is 0.454 e. The van der Waals surface area contributed by atoms with Crippen LogP contribution in [0, 0.1) is 5.82 Å². The zero-order valence-corrected chi connectivity index (χ0v) is 18.2. The number of piperazine rings is 1. The lowest BCUT2D eigenvalue weighted by atomic mass is 10.1. The molecule has 2 aliphatic rings. The van der Waals surface area contributed by atoms with Crippen molar-refractivity contribution in [3.05, 3.63) is 52.7 Å². The molecule has 0 bridgehead atoms. The number of nitrogens with zero attached hydrogens (tertiary/aromatic N) is 3. The molecule has 3 N–H and O–H groups in total. The lowest BCUT2D eigenvalue weighted by Crippen LogP contribution is -2.44. The van der Waals surface area contributed by atoms with Gasteiger partial charge in [0.2, 0.25) is 12.6 Å². The van der Waals surface area contributed by atoms with E-state index in [9.17, 15) is 9.18 Å². The van der Waals surface area contributed by atoms with E-state index >= 15 is 0 Å². The van der Waals surface area contributed by atoms with Crippen LogP contribution >= 0.6 is 11.3 Å². The monoisotopic (exact) mass is 455 g/mol. The fourth-order valence-corrected chi connectivity index (χ4v) is 4.60. The first-order valence-electron chi connectivity index (χ1n) is 10.2. The summed E-state index contributed by atoms with van der Waals surface area (Å²) in [6.45, 7) is 3.51. The average Bonchev–Trinajstić information content (AvgIpc) is 3.40. The highest BCUT2D eigenvalue weighted by atomic mass is 32.1. The van der Waals surface area contributed by atoms with Crippen LogP contribution in [0.4, 0.5) is 26.7 Å². The molecule has 3 aromatic rings. The zero-order valence-electron chi connectivity index (χ0n) is 17.4. The minimum absolute atomic E-state index is 0.120. The fraction of sp³-hybridized carbons (Fsp3) is 0.273. The molecule has 0 aliphatic carbocycles. The summed E-state index contributed by atoms with van der Waals surface area (Å²) in [4.78, 5) is 21.7. The van der Waals surface area contributed by atoms with Crippen molar-refractivity contribution in [3.63, 3.8) is 0 Å². The van der Waals surface area contributed by atoms with Crippen molar-refractivity contribution in [3.8, 4) is 11.5 Å². The summed E-state index contributed by atoms with van der Waals surface area (Å²) in [7, 11) is 2.06. The summed E-state index contributed by atoms with van der Waals surface area (Å²) in [6, 6.07) is 9.98. The van der Waals surface area contributed by atoms with Gasteiger partial charge in [-0.05, 0) is 43.4 Å². The molecule has 10 heteroatoms.